The summed E-state index contributed by atoms with van der Waals surface area (Å²) in [4.78, 5) is 25.3. The van der Waals surface area contributed by atoms with Crippen LogP contribution in [-0.2, 0) is 4.79 Å². The number of anilines is 1. The van der Waals surface area contributed by atoms with Crippen molar-refractivity contribution in [1.82, 2.24) is 15.1 Å². The highest BCUT2D eigenvalue weighted by molar-refractivity contribution is 5.94. The number of carboxylic acids is 1. The van der Waals surface area contributed by atoms with Gasteiger partial charge in [0.15, 0.2) is 0 Å². The molecule has 1 fully saturated rings. The zero-order valence-corrected chi connectivity index (χ0v) is 12.0. The summed E-state index contributed by atoms with van der Waals surface area (Å²) in [5.41, 5.74) is 0.913. The summed E-state index contributed by atoms with van der Waals surface area (Å²) in [6.45, 7) is 5.64. The Bertz CT molecular complexity index is 520. The van der Waals surface area contributed by atoms with Gasteiger partial charge in [0, 0.05) is 6.54 Å². The van der Waals surface area contributed by atoms with E-state index in [-0.39, 0.29) is 6.03 Å². The van der Waals surface area contributed by atoms with Gasteiger partial charge in [0.05, 0.1) is 17.1 Å². The number of aliphatic carboxylic acids is 1. The monoisotopic (exact) mass is 280 g/mol. The van der Waals surface area contributed by atoms with Gasteiger partial charge < -0.3 is 15.3 Å². The molecule has 1 aromatic rings. The highest BCUT2D eigenvalue weighted by Gasteiger charge is 2.44. The summed E-state index contributed by atoms with van der Waals surface area (Å²) in [6.07, 6.45) is 2.11. The van der Waals surface area contributed by atoms with Crippen molar-refractivity contribution < 1.29 is 14.7 Å². The van der Waals surface area contributed by atoms with Crippen molar-refractivity contribution in [3.63, 3.8) is 0 Å². The number of carbonyl (C=O) groups is 2. The van der Waals surface area contributed by atoms with Crippen molar-refractivity contribution in [3.05, 3.63) is 11.4 Å². The van der Waals surface area contributed by atoms with Crippen molar-refractivity contribution in [3.8, 4) is 0 Å². The summed E-state index contributed by atoms with van der Waals surface area (Å²) in [6, 6.07) is -0.387. The Morgan fingerprint density at radius 3 is 2.65 bits per heavy atom. The lowest BCUT2D eigenvalue weighted by molar-refractivity contribution is -0.150. The van der Waals surface area contributed by atoms with Gasteiger partial charge in [-0.05, 0) is 40.0 Å². The van der Waals surface area contributed by atoms with Crippen molar-refractivity contribution in [2.45, 2.75) is 45.6 Å². The van der Waals surface area contributed by atoms with E-state index >= 15 is 0 Å². The summed E-state index contributed by atoms with van der Waals surface area (Å²) < 4.78 is 0. The molecule has 1 atom stereocenters. The molecule has 0 saturated carbocycles. The number of aromatic nitrogens is 2. The fourth-order valence-electron chi connectivity index (χ4n) is 2.58. The van der Waals surface area contributed by atoms with Crippen LogP contribution in [0, 0.1) is 13.8 Å². The molecule has 0 radical (unpaired) electrons. The second-order valence-electron chi connectivity index (χ2n) is 5.43. The van der Waals surface area contributed by atoms with Crippen molar-refractivity contribution in [2.75, 3.05) is 11.9 Å². The first kappa shape index (κ1) is 14.4. The van der Waals surface area contributed by atoms with E-state index in [0.29, 0.717) is 24.3 Å². The number of piperidine rings is 1. The van der Waals surface area contributed by atoms with Gasteiger partial charge >= 0.3 is 12.0 Å². The molecule has 1 aliphatic heterocycles. The SMILES string of the molecule is Cc1n[nH]c(C)c1NC(=O)N1CCCCC1(C)C(=O)O. The number of likely N-dealkylation sites (tertiary alicyclic amines) is 1. The minimum absolute atomic E-state index is 0.387. The third kappa shape index (κ3) is 2.35. The van der Waals surface area contributed by atoms with Crippen LogP contribution in [0.2, 0.25) is 0 Å². The molecule has 20 heavy (non-hydrogen) atoms. The maximum atomic E-state index is 12.4. The van der Waals surface area contributed by atoms with Crippen LogP contribution >= 0.6 is 0 Å². The summed E-state index contributed by atoms with van der Waals surface area (Å²) >= 11 is 0. The summed E-state index contributed by atoms with van der Waals surface area (Å²) in [5.74, 6) is -0.965. The van der Waals surface area contributed by atoms with E-state index < -0.39 is 11.5 Å². The number of nitrogens with zero attached hydrogens (tertiary/aromatic N) is 2. The zero-order valence-electron chi connectivity index (χ0n) is 12.0. The van der Waals surface area contributed by atoms with Gasteiger partial charge in [0.1, 0.15) is 5.54 Å². The number of rotatable bonds is 2. The Hall–Kier alpha value is -2.05. The van der Waals surface area contributed by atoms with Crippen LogP contribution in [0.25, 0.3) is 0 Å². The van der Waals surface area contributed by atoms with Gasteiger partial charge in [0.2, 0.25) is 0 Å². The Morgan fingerprint density at radius 2 is 2.10 bits per heavy atom. The second-order valence-corrected chi connectivity index (χ2v) is 5.43. The van der Waals surface area contributed by atoms with Crippen LogP contribution in [0.3, 0.4) is 0 Å². The van der Waals surface area contributed by atoms with E-state index in [0.717, 1.165) is 18.5 Å². The third-order valence-electron chi connectivity index (χ3n) is 3.96. The molecule has 1 unspecified atom stereocenters. The van der Waals surface area contributed by atoms with E-state index in [1.54, 1.807) is 13.8 Å². The van der Waals surface area contributed by atoms with Crippen LogP contribution in [0.15, 0.2) is 0 Å². The van der Waals surface area contributed by atoms with E-state index in [1.165, 1.54) is 4.90 Å². The fraction of sp³-hybridized carbons (Fsp3) is 0.615. The molecule has 2 heterocycles. The fourth-order valence-corrected chi connectivity index (χ4v) is 2.58. The van der Waals surface area contributed by atoms with E-state index in [1.807, 2.05) is 6.92 Å². The lowest BCUT2D eigenvalue weighted by Crippen LogP contribution is -2.58. The van der Waals surface area contributed by atoms with Crippen molar-refractivity contribution in [2.24, 2.45) is 0 Å². The lowest BCUT2D eigenvalue weighted by Gasteiger charge is -2.41. The minimum Gasteiger partial charge on any atom is -0.480 e. The average Bonchev–Trinajstić information content (AvgIpc) is 2.70. The molecule has 2 rings (SSSR count). The molecule has 2 amide bonds. The predicted octanol–water partition coefficient (Wildman–Crippen LogP) is 1.89. The number of nitrogens with one attached hydrogen (secondary N) is 2. The molecule has 1 aliphatic rings. The summed E-state index contributed by atoms with van der Waals surface area (Å²) in [5, 5.41) is 19.0. The number of aryl methyl sites for hydroxylation is 2. The number of carboxylic acid groups (broad SMARTS) is 1. The van der Waals surface area contributed by atoms with Crippen LogP contribution < -0.4 is 5.32 Å². The summed E-state index contributed by atoms with van der Waals surface area (Å²) in [7, 11) is 0. The van der Waals surface area contributed by atoms with Gasteiger partial charge in [-0.3, -0.25) is 5.10 Å². The van der Waals surface area contributed by atoms with Gasteiger partial charge in [-0.25, -0.2) is 9.59 Å². The largest absolute Gasteiger partial charge is 0.480 e. The molecule has 7 nitrogen and oxygen atoms in total. The quantitative estimate of drug-likeness (QED) is 0.770. The standard InChI is InChI=1S/C13H20N4O3/c1-8-10(9(2)16-15-8)14-12(20)17-7-5-4-6-13(17,3)11(18)19/h4-7H2,1-3H3,(H,14,20)(H,15,16)(H,18,19). The highest BCUT2D eigenvalue weighted by atomic mass is 16.4. The minimum atomic E-state index is -1.14. The Morgan fingerprint density at radius 1 is 1.40 bits per heavy atom. The number of H-pyrrole nitrogens is 1. The number of carbonyl (C=O) groups excluding carboxylic acids is 1. The molecular weight excluding hydrogens is 260 g/mol. The van der Waals surface area contributed by atoms with Crippen molar-refractivity contribution >= 4 is 17.7 Å². The lowest BCUT2D eigenvalue weighted by atomic mass is 9.89. The topological polar surface area (TPSA) is 98.3 Å². The van der Waals surface area contributed by atoms with E-state index in [4.69, 9.17) is 0 Å². The number of hydrogen-bond donors (Lipinski definition) is 3. The Labute approximate surface area is 117 Å². The Kier molecular flexibility index (Phi) is 3.69. The molecule has 0 bridgehead atoms. The van der Waals surface area contributed by atoms with Gasteiger partial charge in [0.25, 0.3) is 0 Å². The van der Waals surface area contributed by atoms with Gasteiger partial charge in [-0.15, -0.1) is 0 Å². The Balaban J connectivity index is 2.21. The molecule has 0 spiro atoms. The zero-order chi connectivity index (χ0) is 14.9. The number of aromatic amines is 1. The molecule has 7 heteroatoms. The first-order chi connectivity index (χ1) is 9.36. The van der Waals surface area contributed by atoms with E-state index in [9.17, 15) is 14.7 Å². The normalized spacial score (nSPS) is 22.6. The molecule has 0 aromatic carbocycles. The maximum Gasteiger partial charge on any atom is 0.329 e. The molecule has 0 aliphatic carbocycles. The second kappa shape index (κ2) is 5.15. The third-order valence-corrected chi connectivity index (χ3v) is 3.96. The molecule has 1 saturated heterocycles. The van der Waals surface area contributed by atoms with Gasteiger partial charge in [-0.2, -0.15) is 5.10 Å². The average molecular weight is 280 g/mol. The predicted molar refractivity (Wildman–Crippen MR) is 73.7 cm³/mol. The molecule has 1 aromatic heterocycles. The van der Waals surface area contributed by atoms with Crippen LogP contribution in [-0.4, -0.2) is 44.3 Å². The first-order valence-corrected chi connectivity index (χ1v) is 6.70. The van der Waals surface area contributed by atoms with Crippen LogP contribution in [0.4, 0.5) is 10.5 Å². The van der Waals surface area contributed by atoms with Crippen molar-refractivity contribution in [1.29, 1.82) is 0 Å². The molecular formula is C13H20N4O3. The smallest absolute Gasteiger partial charge is 0.329 e. The van der Waals surface area contributed by atoms with E-state index in [2.05, 4.69) is 15.5 Å². The highest BCUT2D eigenvalue weighted by Crippen LogP contribution is 2.29. The molecule has 110 valence electrons. The van der Waals surface area contributed by atoms with Gasteiger partial charge in [-0.1, -0.05) is 0 Å². The maximum absolute atomic E-state index is 12.4. The number of urea groups is 1. The number of amides is 2. The van der Waals surface area contributed by atoms with Crippen LogP contribution in [0.5, 0.6) is 0 Å². The molecule has 3 N–H and O–H groups in total. The first-order valence-electron chi connectivity index (χ1n) is 6.70. The number of hydrogen-bond acceptors (Lipinski definition) is 3. The van der Waals surface area contributed by atoms with Crippen LogP contribution in [0.1, 0.15) is 37.6 Å².